The summed E-state index contributed by atoms with van der Waals surface area (Å²) in [5, 5.41) is 1.71. The standard InChI is InChI=1S/C27H21Br2OP/c28-23-16-11-21(12-17-23)13-20-27(22-14-18-24(29)19-15-22)31(30,25-7-3-1-4-8-25)26-9-5-2-6-10-26/h1-20,27H/b20-13+. The maximum absolute atomic E-state index is 15.0. The van der Waals surface area contributed by atoms with E-state index in [1.807, 2.05) is 84.9 Å². The van der Waals surface area contributed by atoms with E-state index < -0.39 is 7.14 Å². The van der Waals surface area contributed by atoms with E-state index in [2.05, 4.69) is 68.3 Å². The molecule has 0 aromatic heterocycles. The lowest BCUT2D eigenvalue weighted by Gasteiger charge is -2.27. The highest BCUT2D eigenvalue weighted by atomic mass is 79.9. The minimum Gasteiger partial charge on any atom is -0.313 e. The van der Waals surface area contributed by atoms with Crippen molar-refractivity contribution in [1.29, 1.82) is 0 Å². The first kappa shape index (κ1) is 22.0. The zero-order valence-electron chi connectivity index (χ0n) is 16.7. The molecule has 4 aromatic carbocycles. The van der Waals surface area contributed by atoms with Crippen molar-refractivity contribution in [3.63, 3.8) is 0 Å². The molecule has 1 nitrogen and oxygen atoms in total. The van der Waals surface area contributed by atoms with Crippen LogP contribution in [0.2, 0.25) is 0 Å². The molecule has 0 radical (unpaired) electrons. The van der Waals surface area contributed by atoms with Crippen molar-refractivity contribution in [2.75, 3.05) is 0 Å². The van der Waals surface area contributed by atoms with E-state index in [0.717, 1.165) is 30.7 Å². The molecule has 4 heteroatoms. The Bertz CT molecular complexity index is 1160. The van der Waals surface area contributed by atoms with Gasteiger partial charge in [-0.25, -0.2) is 0 Å². The van der Waals surface area contributed by atoms with Gasteiger partial charge in [-0.15, -0.1) is 0 Å². The highest BCUT2D eigenvalue weighted by molar-refractivity contribution is 9.10. The molecule has 0 saturated carbocycles. The molecule has 1 unspecified atom stereocenters. The van der Waals surface area contributed by atoms with Gasteiger partial charge in [-0.05, 0) is 35.4 Å². The third-order valence-electron chi connectivity index (χ3n) is 5.22. The SMILES string of the molecule is O=P(c1ccccc1)(c1ccccc1)C(/C=C/c1ccc(Br)cc1)c1ccc(Br)cc1. The van der Waals surface area contributed by atoms with Crippen molar-refractivity contribution in [1.82, 2.24) is 0 Å². The molecule has 4 aromatic rings. The first-order valence-electron chi connectivity index (χ1n) is 9.97. The van der Waals surface area contributed by atoms with Crippen LogP contribution in [0.25, 0.3) is 6.08 Å². The van der Waals surface area contributed by atoms with Crippen LogP contribution in [0.5, 0.6) is 0 Å². The summed E-state index contributed by atoms with van der Waals surface area (Å²) in [6.45, 7) is 0. The summed E-state index contributed by atoms with van der Waals surface area (Å²) < 4.78 is 17.0. The molecule has 1 atom stereocenters. The first-order valence-corrected chi connectivity index (χ1v) is 13.3. The quantitative estimate of drug-likeness (QED) is 0.222. The Morgan fingerprint density at radius 3 is 1.55 bits per heavy atom. The van der Waals surface area contributed by atoms with Gasteiger partial charge in [0.05, 0.1) is 5.66 Å². The van der Waals surface area contributed by atoms with Crippen molar-refractivity contribution in [3.8, 4) is 0 Å². The number of hydrogen-bond donors (Lipinski definition) is 0. The highest BCUT2D eigenvalue weighted by Gasteiger charge is 2.36. The summed E-state index contributed by atoms with van der Waals surface area (Å²) >= 11 is 7.01. The van der Waals surface area contributed by atoms with Crippen molar-refractivity contribution in [2.45, 2.75) is 5.66 Å². The normalized spacial score (nSPS) is 12.7. The minimum atomic E-state index is -3.03. The molecule has 0 aliphatic heterocycles. The van der Waals surface area contributed by atoms with E-state index in [4.69, 9.17) is 0 Å². The monoisotopic (exact) mass is 550 g/mol. The van der Waals surface area contributed by atoms with Crippen LogP contribution in [0, 0.1) is 0 Å². The van der Waals surface area contributed by atoms with Crippen LogP contribution in [0.3, 0.4) is 0 Å². The van der Waals surface area contributed by atoms with E-state index in [-0.39, 0.29) is 5.66 Å². The van der Waals surface area contributed by atoms with Gasteiger partial charge in [0.25, 0.3) is 0 Å². The van der Waals surface area contributed by atoms with Gasteiger partial charge in [0.2, 0.25) is 0 Å². The third kappa shape index (κ3) is 5.01. The van der Waals surface area contributed by atoms with Gasteiger partial charge in [0, 0.05) is 19.6 Å². The number of allylic oxidation sites excluding steroid dienone is 1. The topological polar surface area (TPSA) is 17.1 Å². The van der Waals surface area contributed by atoms with Crippen molar-refractivity contribution < 1.29 is 4.57 Å². The molecule has 0 heterocycles. The van der Waals surface area contributed by atoms with E-state index in [0.29, 0.717) is 0 Å². The molecule has 154 valence electrons. The minimum absolute atomic E-state index is 0.297. The largest absolute Gasteiger partial charge is 0.313 e. The van der Waals surface area contributed by atoms with Crippen LogP contribution < -0.4 is 10.6 Å². The first-order chi connectivity index (χ1) is 15.1. The third-order valence-corrected chi connectivity index (χ3v) is 9.67. The molecule has 0 aliphatic carbocycles. The molecule has 0 bridgehead atoms. The predicted molar refractivity (Wildman–Crippen MR) is 140 cm³/mol. The number of rotatable bonds is 6. The zero-order chi connectivity index (χ0) is 21.7. The van der Waals surface area contributed by atoms with Crippen LogP contribution in [0.1, 0.15) is 16.8 Å². The van der Waals surface area contributed by atoms with Crippen molar-refractivity contribution >= 4 is 55.7 Å². The van der Waals surface area contributed by atoms with E-state index in [1.54, 1.807) is 0 Å². The van der Waals surface area contributed by atoms with Gasteiger partial charge in [-0.1, -0.05) is 129 Å². The van der Waals surface area contributed by atoms with Crippen LogP contribution in [0.4, 0.5) is 0 Å². The fourth-order valence-electron chi connectivity index (χ4n) is 3.65. The van der Waals surface area contributed by atoms with E-state index >= 15 is 4.57 Å². The smallest absolute Gasteiger partial charge is 0.153 e. The van der Waals surface area contributed by atoms with E-state index in [9.17, 15) is 0 Å². The molecule has 0 amide bonds. The second-order valence-electron chi connectivity index (χ2n) is 7.24. The Morgan fingerprint density at radius 1 is 0.613 bits per heavy atom. The summed E-state index contributed by atoms with van der Waals surface area (Å²) in [6.07, 6.45) is 4.16. The molecule has 31 heavy (non-hydrogen) atoms. The van der Waals surface area contributed by atoms with Gasteiger partial charge in [0.1, 0.15) is 0 Å². The summed E-state index contributed by atoms with van der Waals surface area (Å²) in [5.74, 6) is 0. The molecule has 0 spiro atoms. The van der Waals surface area contributed by atoms with Crippen LogP contribution >= 0.6 is 39.0 Å². The Labute approximate surface area is 200 Å². The average molecular weight is 552 g/mol. The van der Waals surface area contributed by atoms with Gasteiger partial charge in [0.15, 0.2) is 7.14 Å². The Morgan fingerprint density at radius 2 is 1.06 bits per heavy atom. The van der Waals surface area contributed by atoms with Gasteiger partial charge < -0.3 is 4.57 Å². The molecule has 0 aliphatic rings. The van der Waals surface area contributed by atoms with Crippen molar-refractivity contribution in [2.24, 2.45) is 0 Å². The van der Waals surface area contributed by atoms with Gasteiger partial charge in [-0.3, -0.25) is 0 Å². The molecule has 0 saturated heterocycles. The number of benzene rings is 4. The molecule has 0 N–H and O–H groups in total. The average Bonchev–Trinajstić information content (AvgIpc) is 2.82. The maximum atomic E-state index is 15.0. The Balaban J connectivity index is 1.91. The summed E-state index contributed by atoms with van der Waals surface area (Å²) in [5.41, 5.74) is 1.79. The zero-order valence-corrected chi connectivity index (χ0v) is 20.8. The molecule has 0 fully saturated rings. The molecule has 4 rings (SSSR count). The Kier molecular flexibility index (Phi) is 7.07. The maximum Gasteiger partial charge on any atom is 0.153 e. The summed E-state index contributed by atoms with van der Waals surface area (Å²) in [4.78, 5) is 0. The lowest BCUT2D eigenvalue weighted by atomic mass is 10.1. The lowest BCUT2D eigenvalue weighted by molar-refractivity contribution is 0.583. The summed E-state index contributed by atoms with van der Waals surface area (Å²) in [7, 11) is -3.03. The fourth-order valence-corrected chi connectivity index (χ4v) is 7.27. The predicted octanol–water partition coefficient (Wildman–Crippen LogP) is 7.98. The summed E-state index contributed by atoms with van der Waals surface area (Å²) in [6, 6.07) is 35.9. The van der Waals surface area contributed by atoms with Crippen molar-refractivity contribution in [3.05, 3.63) is 135 Å². The second kappa shape index (κ2) is 9.96. The number of halogens is 2. The molecular weight excluding hydrogens is 531 g/mol. The van der Waals surface area contributed by atoms with Gasteiger partial charge >= 0.3 is 0 Å². The fraction of sp³-hybridized carbons (Fsp3) is 0.0370. The van der Waals surface area contributed by atoms with Crippen LogP contribution in [-0.4, -0.2) is 0 Å². The molecular formula is C27H21Br2OP. The number of hydrogen-bond acceptors (Lipinski definition) is 1. The van der Waals surface area contributed by atoms with Gasteiger partial charge in [-0.2, -0.15) is 0 Å². The Hall–Kier alpha value is -2.19. The highest BCUT2D eigenvalue weighted by Crippen LogP contribution is 2.58. The van der Waals surface area contributed by atoms with Crippen LogP contribution in [-0.2, 0) is 4.57 Å². The van der Waals surface area contributed by atoms with Crippen LogP contribution in [0.15, 0.2) is 124 Å². The lowest BCUT2D eigenvalue weighted by Crippen LogP contribution is -2.20. The second-order valence-corrected chi connectivity index (χ2v) is 12.0. The van der Waals surface area contributed by atoms with E-state index in [1.165, 1.54) is 0 Å².